The van der Waals surface area contributed by atoms with Crippen molar-refractivity contribution in [2.75, 3.05) is 0 Å². The number of pyridine rings is 2. The number of benzene rings is 1. The van der Waals surface area contributed by atoms with Gasteiger partial charge in [0.1, 0.15) is 12.2 Å². The third kappa shape index (κ3) is 3.95. The molecule has 0 bridgehead atoms. The smallest absolute Gasteiger partial charge is 0.155 e. The van der Waals surface area contributed by atoms with E-state index >= 15 is 0 Å². The van der Waals surface area contributed by atoms with Crippen molar-refractivity contribution in [3.8, 4) is 22.6 Å². The number of hydrogen-bond donors (Lipinski definition) is 2. The van der Waals surface area contributed by atoms with Crippen molar-refractivity contribution >= 4 is 5.65 Å². The van der Waals surface area contributed by atoms with Crippen LogP contribution in [0, 0.1) is 6.92 Å². The first-order valence-corrected chi connectivity index (χ1v) is 10.3. The number of aromatic nitrogens is 6. The van der Waals surface area contributed by atoms with Gasteiger partial charge >= 0.3 is 0 Å². The third-order valence-corrected chi connectivity index (χ3v) is 5.32. The summed E-state index contributed by atoms with van der Waals surface area (Å²) in [4.78, 5) is 17.4. The van der Waals surface area contributed by atoms with Gasteiger partial charge in [0.05, 0.1) is 23.6 Å². The molecule has 4 aromatic heterocycles. The van der Waals surface area contributed by atoms with Crippen molar-refractivity contribution in [3.63, 3.8) is 0 Å². The fourth-order valence-electron chi connectivity index (χ4n) is 3.65. The summed E-state index contributed by atoms with van der Waals surface area (Å²) in [6.45, 7) is 4.76. The molecule has 2 N–H and O–H groups in total. The van der Waals surface area contributed by atoms with Gasteiger partial charge in [-0.3, -0.25) is 4.98 Å². The lowest BCUT2D eigenvalue weighted by Crippen LogP contribution is -2.18. The minimum atomic E-state index is 0.210. The predicted molar refractivity (Wildman–Crippen MR) is 120 cm³/mol. The molecule has 31 heavy (non-hydrogen) atoms. The second kappa shape index (κ2) is 8.12. The standard InChI is InChI=1S/C24H23N7/c1-16-7-6-10-20(28-16)24-23(19-11-12-22-26-15-27-31(22)14-19)29-21(30-24)13-25-17(2)18-8-4-3-5-9-18/h3-12,14-15,17,25H,13H2,1-2H3,(H,29,30)/t17-/m0/s1. The van der Waals surface area contributed by atoms with Gasteiger partial charge < -0.3 is 10.3 Å². The maximum atomic E-state index is 4.92. The number of H-pyrrole nitrogens is 1. The molecular formula is C24H23N7. The van der Waals surface area contributed by atoms with E-state index in [1.54, 1.807) is 10.8 Å². The first-order chi connectivity index (χ1) is 15.2. The summed E-state index contributed by atoms with van der Waals surface area (Å²) in [5, 5.41) is 7.81. The fraction of sp³-hybridized carbons (Fsp3) is 0.167. The molecule has 5 rings (SSSR count). The second-order valence-electron chi connectivity index (χ2n) is 7.57. The molecule has 0 unspecified atom stereocenters. The van der Waals surface area contributed by atoms with Gasteiger partial charge in [-0.2, -0.15) is 5.10 Å². The van der Waals surface area contributed by atoms with E-state index in [1.807, 2.05) is 49.5 Å². The molecule has 154 valence electrons. The predicted octanol–water partition coefficient (Wildman–Crippen LogP) is 4.34. The van der Waals surface area contributed by atoms with Crippen LogP contribution in [0.3, 0.4) is 0 Å². The molecule has 0 radical (unpaired) electrons. The Labute approximate surface area is 180 Å². The molecule has 0 spiro atoms. The van der Waals surface area contributed by atoms with E-state index in [0.29, 0.717) is 6.54 Å². The van der Waals surface area contributed by atoms with Gasteiger partial charge in [0.25, 0.3) is 0 Å². The Morgan fingerprint density at radius 1 is 1.00 bits per heavy atom. The van der Waals surface area contributed by atoms with Crippen molar-refractivity contribution in [2.24, 2.45) is 0 Å². The zero-order chi connectivity index (χ0) is 21.2. The summed E-state index contributed by atoms with van der Waals surface area (Å²) < 4.78 is 1.76. The Morgan fingerprint density at radius 2 is 1.87 bits per heavy atom. The van der Waals surface area contributed by atoms with E-state index in [9.17, 15) is 0 Å². The number of aryl methyl sites for hydroxylation is 1. The molecule has 0 aliphatic rings. The highest BCUT2D eigenvalue weighted by molar-refractivity contribution is 5.77. The Hall–Kier alpha value is -3.84. The van der Waals surface area contributed by atoms with Crippen molar-refractivity contribution in [1.82, 2.24) is 34.9 Å². The maximum Gasteiger partial charge on any atom is 0.155 e. The first-order valence-electron chi connectivity index (χ1n) is 10.3. The van der Waals surface area contributed by atoms with Crippen molar-refractivity contribution in [2.45, 2.75) is 26.4 Å². The second-order valence-corrected chi connectivity index (χ2v) is 7.57. The van der Waals surface area contributed by atoms with Crippen LogP contribution >= 0.6 is 0 Å². The molecule has 7 nitrogen and oxygen atoms in total. The van der Waals surface area contributed by atoms with Gasteiger partial charge in [-0.25, -0.2) is 14.5 Å². The summed E-state index contributed by atoms with van der Waals surface area (Å²) in [6.07, 6.45) is 3.49. The summed E-state index contributed by atoms with van der Waals surface area (Å²) in [6, 6.07) is 20.6. The van der Waals surface area contributed by atoms with Gasteiger partial charge in [0.2, 0.25) is 0 Å². The molecule has 0 aliphatic carbocycles. The number of aromatic amines is 1. The van der Waals surface area contributed by atoms with Crippen molar-refractivity contribution < 1.29 is 0 Å². The maximum absolute atomic E-state index is 4.92. The molecule has 0 aliphatic heterocycles. The van der Waals surface area contributed by atoms with E-state index in [4.69, 9.17) is 9.97 Å². The van der Waals surface area contributed by atoms with Crippen LogP contribution in [0.15, 0.2) is 73.2 Å². The number of nitrogens with zero attached hydrogens (tertiary/aromatic N) is 5. The van der Waals surface area contributed by atoms with Gasteiger partial charge in [-0.15, -0.1) is 0 Å². The van der Waals surface area contributed by atoms with Crippen molar-refractivity contribution in [1.29, 1.82) is 0 Å². The number of nitrogens with one attached hydrogen (secondary N) is 2. The molecule has 4 heterocycles. The SMILES string of the molecule is Cc1cccc(-c2[nH]c(CN[C@@H](C)c3ccccc3)nc2-c2ccc3ncnn3c2)n1. The van der Waals surface area contributed by atoms with Crippen LogP contribution in [0.1, 0.15) is 30.0 Å². The minimum Gasteiger partial charge on any atom is -0.339 e. The molecule has 0 saturated carbocycles. The monoisotopic (exact) mass is 409 g/mol. The van der Waals surface area contributed by atoms with Crippen LogP contribution in [-0.4, -0.2) is 29.5 Å². The molecule has 0 saturated heterocycles. The third-order valence-electron chi connectivity index (χ3n) is 5.32. The molecule has 1 aromatic carbocycles. The average molecular weight is 409 g/mol. The Balaban J connectivity index is 1.50. The van der Waals surface area contributed by atoms with E-state index in [2.05, 4.69) is 51.6 Å². The molecule has 7 heteroatoms. The molecular weight excluding hydrogens is 386 g/mol. The largest absolute Gasteiger partial charge is 0.339 e. The van der Waals surface area contributed by atoms with Crippen molar-refractivity contribution in [3.05, 3.63) is 90.3 Å². The van der Waals surface area contributed by atoms with E-state index < -0.39 is 0 Å². The topological polar surface area (TPSA) is 83.8 Å². The zero-order valence-electron chi connectivity index (χ0n) is 17.4. The summed E-state index contributed by atoms with van der Waals surface area (Å²) in [7, 11) is 0. The normalized spacial score (nSPS) is 12.3. The van der Waals surface area contributed by atoms with Crippen LogP contribution in [-0.2, 0) is 6.54 Å². The van der Waals surface area contributed by atoms with Crippen LogP contribution < -0.4 is 5.32 Å². The van der Waals surface area contributed by atoms with E-state index in [-0.39, 0.29) is 6.04 Å². The lowest BCUT2D eigenvalue weighted by atomic mass is 10.1. The Bertz CT molecular complexity index is 1320. The lowest BCUT2D eigenvalue weighted by Gasteiger charge is -2.12. The number of rotatable bonds is 6. The van der Waals surface area contributed by atoms with Gasteiger partial charge in [-0.05, 0) is 43.7 Å². The quantitative estimate of drug-likeness (QED) is 0.436. The van der Waals surface area contributed by atoms with Gasteiger partial charge in [-0.1, -0.05) is 36.4 Å². The summed E-state index contributed by atoms with van der Waals surface area (Å²) >= 11 is 0. The highest BCUT2D eigenvalue weighted by atomic mass is 15.3. The number of fused-ring (bicyclic) bond motifs is 1. The number of hydrogen-bond acceptors (Lipinski definition) is 5. The Morgan fingerprint density at radius 3 is 2.71 bits per heavy atom. The molecule has 0 amide bonds. The van der Waals surface area contributed by atoms with Crippen LogP contribution in [0.4, 0.5) is 0 Å². The fourth-order valence-corrected chi connectivity index (χ4v) is 3.65. The summed E-state index contributed by atoms with van der Waals surface area (Å²) in [5.74, 6) is 0.856. The van der Waals surface area contributed by atoms with E-state index in [0.717, 1.165) is 39.8 Å². The average Bonchev–Trinajstić information content (AvgIpc) is 3.44. The highest BCUT2D eigenvalue weighted by Gasteiger charge is 2.17. The zero-order valence-corrected chi connectivity index (χ0v) is 17.4. The molecule has 1 atom stereocenters. The lowest BCUT2D eigenvalue weighted by molar-refractivity contribution is 0.562. The highest BCUT2D eigenvalue weighted by Crippen LogP contribution is 2.29. The van der Waals surface area contributed by atoms with Gasteiger partial charge in [0, 0.05) is 23.5 Å². The molecule has 5 aromatic rings. The minimum absolute atomic E-state index is 0.210. The number of imidazole rings is 1. The van der Waals surface area contributed by atoms with Crippen LogP contribution in [0.25, 0.3) is 28.3 Å². The molecule has 0 fully saturated rings. The first kappa shape index (κ1) is 19.1. The van der Waals surface area contributed by atoms with Crippen LogP contribution in [0.2, 0.25) is 0 Å². The van der Waals surface area contributed by atoms with E-state index in [1.165, 1.54) is 5.56 Å². The summed E-state index contributed by atoms with van der Waals surface area (Å²) in [5.41, 5.74) is 6.56. The Kier molecular flexibility index (Phi) is 5.01. The van der Waals surface area contributed by atoms with Gasteiger partial charge in [0.15, 0.2) is 5.65 Å². The van der Waals surface area contributed by atoms with Crippen LogP contribution in [0.5, 0.6) is 0 Å².